The minimum absolute atomic E-state index is 0.124. The fraction of sp³-hybridized carbons (Fsp3) is 0.533. The Labute approximate surface area is 205 Å². The molecule has 0 spiro atoms. The molecule has 1 saturated carbocycles. The number of hydrogen-bond donors (Lipinski definition) is 0. The number of rotatable bonds is 4. The van der Waals surface area contributed by atoms with Gasteiger partial charge in [-0.25, -0.2) is 0 Å². The second-order valence-electron chi connectivity index (χ2n) is 10.0. The Morgan fingerprint density at radius 1 is 0.559 bits per heavy atom. The van der Waals surface area contributed by atoms with E-state index in [4.69, 9.17) is 20.0 Å². The van der Waals surface area contributed by atoms with Crippen LogP contribution in [0.3, 0.4) is 0 Å². The van der Waals surface area contributed by atoms with Crippen molar-refractivity contribution in [1.29, 1.82) is 10.5 Å². The average molecular weight is 459 g/mol. The van der Waals surface area contributed by atoms with Gasteiger partial charge in [-0.3, -0.25) is 0 Å². The molecule has 0 aliphatic heterocycles. The number of hydrogen-bond acceptors (Lipinski definition) is 4. The minimum Gasteiger partial charge on any atom is -0.387 e. The highest BCUT2D eigenvalue weighted by Gasteiger charge is 2.35. The zero-order chi connectivity index (χ0) is 24.6. The minimum atomic E-state index is -0.124. The summed E-state index contributed by atoms with van der Waals surface area (Å²) in [5.41, 5.74) is 6.48. The molecular formula is C30H38N2O2. The molecule has 1 aliphatic carbocycles. The molecule has 0 N–H and O–H groups in total. The molecule has 34 heavy (non-hydrogen) atoms. The summed E-state index contributed by atoms with van der Waals surface area (Å²) in [7, 11) is 0. The fourth-order valence-corrected chi connectivity index (χ4v) is 5.83. The lowest BCUT2D eigenvalue weighted by molar-refractivity contribution is 0.381. The van der Waals surface area contributed by atoms with Gasteiger partial charge in [-0.05, 0) is 73.9 Å². The van der Waals surface area contributed by atoms with Gasteiger partial charge in [0.15, 0.2) is 0 Å². The lowest BCUT2D eigenvalue weighted by Gasteiger charge is -2.37. The van der Waals surface area contributed by atoms with E-state index in [9.17, 15) is 0 Å². The molecule has 0 radical (unpaired) electrons. The zero-order valence-electron chi connectivity index (χ0n) is 21.3. The molecule has 0 aromatic heterocycles. The van der Waals surface area contributed by atoms with Crippen molar-refractivity contribution in [3.05, 3.63) is 57.6 Å². The van der Waals surface area contributed by atoms with E-state index in [-0.39, 0.29) is 5.41 Å². The van der Waals surface area contributed by atoms with E-state index in [1.54, 1.807) is 0 Å². The van der Waals surface area contributed by atoms with Crippen LogP contribution < -0.4 is 9.47 Å². The molecule has 0 unspecified atom stereocenters. The first kappa shape index (κ1) is 25.6. The molecule has 180 valence electrons. The Kier molecular flexibility index (Phi) is 9.00. The van der Waals surface area contributed by atoms with Crippen LogP contribution in [-0.4, -0.2) is 0 Å². The van der Waals surface area contributed by atoms with Crippen molar-refractivity contribution in [2.75, 3.05) is 0 Å². The summed E-state index contributed by atoms with van der Waals surface area (Å²) in [4.78, 5) is 0. The van der Waals surface area contributed by atoms with Crippen molar-refractivity contribution in [3.8, 4) is 24.0 Å². The Morgan fingerprint density at radius 3 is 1.15 bits per heavy atom. The molecule has 4 nitrogen and oxygen atoms in total. The Bertz CT molecular complexity index is 943. The van der Waals surface area contributed by atoms with Crippen molar-refractivity contribution in [1.82, 2.24) is 0 Å². The predicted octanol–water partition coefficient (Wildman–Crippen LogP) is 8.23. The van der Waals surface area contributed by atoms with Crippen LogP contribution in [0.1, 0.15) is 104 Å². The van der Waals surface area contributed by atoms with Gasteiger partial charge >= 0.3 is 0 Å². The molecule has 0 amide bonds. The maximum atomic E-state index is 9.12. The lowest BCUT2D eigenvalue weighted by atomic mass is 9.66. The van der Waals surface area contributed by atoms with Crippen LogP contribution in [0.5, 0.6) is 11.5 Å². The number of nitriles is 2. The smallest absolute Gasteiger partial charge is 0.292 e. The SMILES string of the molecule is Cc1cc(C2(c3cc(C)c(OC#N)c(C)c3)CCCCCCCCCCC2)cc(C)c1OC#N. The van der Waals surface area contributed by atoms with E-state index in [2.05, 4.69) is 24.3 Å². The van der Waals surface area contributed by atoms with Crippen LogP contribution in [0.25, 0.3) is 0 Å². The summed E-state index contributed by atoms with van der Waals surface area (Å²) >= 11 is 0. The van der Waals surface area contributed by atoms with Crippen LogP contribution >= 0.6 is 0 Å². The number of ether oxygens (including phenoxy) is 2. The summed E-state index contributed by atoms with van der Waals surface area (Å²) in [6.07, 6.45) is 17.4. The van der Waals surface area contributed by atoms with Gasteiger partial charge in [-0.2, -0.15) is 0 Å². The quantitative estimate of drug-likeness (QED) is 0.433. The third kappa shape index (κ3) is 5.74. The van der Waals surface area contributed by atoms with Crippen molar-refractivity contribution in [2.24, 2.45) is 0 Å². The van der Waals surface area contributed by atoms with Gasteiger partial charge in [-0.15, -0.1) is 10.5 Å². The Morgan fingerprint density at radius 2 is 0.853 bits per heavy atom. The van der Waals surface area contributed by atoms with E-state index in [0.717, 1.165) is 35.1 Å². The Balaban J connectivity index is 2.18. The van der Waals surface area contributed by atoms with E-state index in [0.29, 0.717) is 11.5 Å². The first-order valence-corrected chi connectivity index (χ1v) is 12.8. The molecule has 3 rings (SSSR count). The standard InChI is InChI=1S/C30H38N2O2/c1-22-16-26(17-23(2)28(22)33-20-31)30(14-12-10-8-6-5-7-9-11-13-15-30)27-18-24(3)29(34-21-32)25(4)19-27/h16-19H,5-15H2,1-4H3. The summed E-state index contributed by atoms with van der Waals surface area (Å²) < 4.78 is 10.6. The molecule has 4 heteroatoms. The van der Waals surface area contributed by atoms with E-state index < -0.39 is 0 Å². The third-order valence-corrected chi connectivity index (χ3v) is 7.53. The summed E-state index contributed by atoms with van der Waals surface area (Å²) in [6, 6.07) is 8.93. The fourth-order valence-electron chi connectivity index (χ4n) is 5.83. The molecule has 2 aromatic rings. The molecule has 0 saturated heterocycles. The molecule has 1 fully saturated rings. The van der Waals surface area contributed by atoms with Crippen molar-refractivity contribution >= 4 is 0 Å². The molecule has 0 atom stereocenters. The number of aryl methyl sites for hydroxylation is 4. The van der Waals surface area contributed by atoms with Crippen LogP contribution in [0, 0.1) is 50.7 Å². The third-order valence-electron chi connectivity index (χ3n) is 7.53. The molecule has 2 aromatic carbocycles. The summed E-state index contributed by atoms with van der Waals surface area (Å²) in [5.74, 6) is 1.33. The van der Waals surface area contributed by atoms with Crippen molar-refractivity contribution < 1.29 is 9.47 Å². The Hall–Kier alpha value is -2.98. The van der Waals surface area contributed by atoms with E-state index in [1.807, 2.05) is 40.2 Å². The highest BCUT2D eigenvalue weighted by molar-refractivity contribution is 5.53. The van der Waals surface area contributed by atoms with Gasteiger partial charge in [0.2, 0.25) is 0 Å². The summed E-state index contributed by atoms with van der Waals surface area (Å²) in [5, 5.41) is 18.2. The normalized spacial score (nSPS) is 16.9. The van der Waals surface area contributed by atoms with Crippen LogP contribution in [0.15, 0.2) is 24.3 Å². The van der Waals surface area contributed by atoms with Gasteiger partial charge in [0.05, 0.1) is 0 Å². The van der Waals surface area contributed by atoms with Crippen LogP contribution in [0.4, 0.5) is 0 Å². The van der Waals surface area contributed by atoms with E-state index >= 15 is 0 Å². The zero-order valence-corrected chi connectivity index (χ0v) is 21.3. The van der Waals surface area contributed by atoms with Crippen LogP contribution in [-0.2, 0) is 5.41 Å². The number of benzene rings is 2. The monoisotopic (exact) mass is 458 g/mol. The van der Waals surface area contributed by atoms with Gasteiger partial charge in [0, 0.05) is 5.41 Å². The predicted molar refractivity (Wildman–Crippen MR) is 136 cm³/mol. The molecule has 1 aliphatic rings. The number of nitrogens with zero attached hydrogens (tertiary/aromatic N) is 2. The van der Waals surface area contributed by atoms with Crippen molar-refractivity contribution in [2.45, 2.75) is 104 Å². The molecule has 0 heterocycles. The van der Waals surface area contributed by atoms with Gasteiger partial charge < -0.3 is 9.47 Å². The average Bonchev–Trinajstić information content (AvgIpc) is 2.79. The molecular weight excluding hydrogens is 420 g/mol. The second-order valence-corrected chi connectivity index (χ2v) is 10.0. The van der Waals surface area contributed by atoms with Gasteiger partial charge in [-0.1, -0.05) is 82.1 Å². The maximum Gasteiger partial charge on any atom is 0.292 e. The highest BCUT2D eigenvalue weighted by Crippen LogP contribution is 2.46. The van der Waals surface area contributed by atoms with E-state index in [1.165, 1.54) is 68.9 Å². The lowest BCUT2D eigenvalue weighted by Crippen LogP contribution is -2.29. The molecule has 0 bridgehead atoms. The second kappa shape index (κ2) is 11.9. The van der Waals surface area contributed by atoms with Crippen LogP contribution in [0.2, 0.25) is 0 Å². The van der Waals surface area contributed by atoms with Crippen molar-refractivity contribution in [3.63, 3.8) is 0 Å². The largest absolute Gasteiger partial charge is 0.387 e. The first-order valence-electron chi connectivity index (χ1n) is 12.8. The summed E-state index contributed by atoms with van der Waals surface area (Å²) in [6.45, 7) is 8.14. The topological polar surface area (TPSA) is 66.0 Å². The first-order chi connectivity index (χ1) is 16.4. The highest BCUT2D eigenvalue weighted by atomic mass is 16.5. The van der Waals surface area contributed by atoms with Gasteiger partial charge in [0.25, 0.3) is 12.5 Å². The van der Waals surface area contributed by atoms with Gasteiger partial charge in [0.1, 0.15) is 11.5 Å². The maximum absolute atomic E-state index is 9.12.